The van der Waals surface area contributed by atoms with Gasteiger partial charge in [-0.3, -0.25) is 0 Å². The fourth-order valence-corrected chi connectivity index (χ4v) is 3.19. The van der Waals surface area contributed by atoms with Gasteiger partial charge in [0.05, 0.1) is 0 Å². The van der Waals surface area contributed by atoms with Gasteiger partial charge in [0.15, 0.2) is 0 Å². The predicted molar refractivity (Wildman–Crippen MR) is 101 cm³/mol. The van der Waals surface area contributed by atoms with Gasteiger partial charge in [0, 0.05) is 30.3 Å². The molecule has 0 unspecified atom stereocenters. The smallest absolute Gasteiger partial charge is 0.0486 e. The highest BCUT2D eigenvalue weighted by Crippen LogP contribution is 2.24. The van der Waals surface area contributed by atoms with Crippen LogP contribution in [0.5, 0.6) is 0 Å². The lowest BCUT2D eigenvalue weighted by molar-refractivity contribution is 0.299. The van der Waals surface area contributed by atoms with Crippen molar-refractivity contribution in [2.24, 2.45) is 0 Å². The summed E-state index contributed by atoms with van der Waals surface area (Å²) in [5, 5.41) is 10.3. The van der Waals surface area contributed by atoms with Gasteiger partial charge in [-0.25, -0.2) is 0 Å². The van der Waals surface area contributed by atoms with Gasteiger partial charge >= 0.3 is 0 Å². The number of para-hydroxylation sites is 1. The van der Waals surface area contributed by atoms with E-state index in [4.69, 9.17) is 5.11 Å². The van der Waals surface area contributed by atoms with Crippen molar-refractivity contribution in [3.05, 3.63) is 83.6 Å². The quantitative estimate of drug-likeness (QED) is 0.612. The molecular weight excluding hydrogens is 294 g/mol. The number of hydrogen-bond donors (Lipinski definition) is 1. The van der Waals surface area contributed by atoms with Crippen LogP contribution in [0.4, 0.5) is 0 Å². The average Bonchev–Trinajstić information content (AvgIpc) is 2.94. The van der Waals surface area contributed by atoms with E-state index in [1.807, 2.05) is 0 Å². The number of hydrogen-bond acceptors (Lipinski definition) is 1. The minimum Gasteiger partial charge on any atom is -0.396 e. The summed E-state index contributed by atoms with van der Waals surface area (Å²) in [7, 11) is 0. The summed E-state index contributed by atoms with van der Waals surface area (Å²) in [6.07, 6.45) is 7.37. The lowest BCUT2D eigenvalue weighted by atomic mass is 10.1. The summed E-state index contributed by atoms with van der Waals surface area (Å²) in [5.41, 5.74) is 5.29. The number of fused-ring (bicyclic) bond motifs is 1. The van der Waals surface area contributed by atoms with Crippen LogP contribution in [0.3, 0.4) is 0 Å². The van der Waals surface area contributed by atoms with E-state index < -0.39 is 0 Å². The van der Waals surface area contributed by atoms with E-state index in [0.29, 0.717) is 0 Å². The van der Waals surface area contributed by atoms with Gasteiger partial charge in [-0.05, 0) is 43.4 Å². The zero-order valence-corrected chi connectivity index (χ0v) is 14.3. The highest BCUT2D eigenvalue weighted by molar-refractivity contribution is 5.84. The van der Waals surface area contributed by atoms with Crippen LogP contribution in [0.1, 0.15) is 30.9 Å². The van der Waals surface area contributed by atoms with Crippen molar-refractivity contribution in [2.45, 2.75) is 32.7 Å². The molecule has 0 atom stereocenters. The van der Waals surface area contributed by atoms with Gasteiger partial charge in [-0.1, -0.05) is 60.2 Å². The Morgan fingerprint density at radius 3 is 2.58 bits per heavy atom. The maximum absolute atomic E-state index is 8.99. The second kappa shape index (κ2) is 7.98. The van der Waals surface area contributed by atoms with Crippen LogP contribution in [0.25, 0.3) is 10.9 Å². The van der Waals surface area contributed by atoms with E-state index in [1.165, 1.54) is 27.6 Å². The number of aliphatic hydroxyl groups excluding tert-OH is 1. The number of aliphatic hydroxyl groups is 1. The van der Waals surface area contributed by atoms with Crippen molar-refractivity contribution in [3.63, 3.8) is 0 Å². The lowest BCUT2D eigenvalue weighted by Gasteiger charge is -2.05. The van der Waals surface area contributed by atoms with Crippen molar-refractivity contribution in [1.82, 2.24) is 4.57 Å². The first-order chi connectivity index (χ1) is 11.8. The van der Waals surface area contributed by atoms with Gasteiger partial charge in [-0.15, -0.1) is 0 Å². The Bertz CT molecular complexity index is 814. The molecule has 1 N–H and O–H groups in total. The lowest BCUT2D eigenvalue weighted by Crippen LogP contribution is -1.97. The van der Waals surface area contributed by atoms with Crippen molar-refractivity contribution in [1.29, 1.82) is 0 Å². The van der Waals surface area contributed by atoms with Crippen LogP contribution in [0.15, 0.2) is 72.4 Å². The summed E-state index contributed by atoms with van der Waals surface area (Å²) in [4.78, 5) is 0. The molecule has 0 radical (unpaired) electrons. The van der Waals surface area contributed by atoms with Gasteiger partial charge in [0.2, 0.25) is 0 Å². The number of benzene rings is 2. The Hall–Kier alpha value is -2.32. The monoisotopic (exact) mass is 319 g/mol. The fraction of sp³-hybridized carbons (Fsp3) is 0.273. The van der Waals surface area contributed by atoms with Crippen molar-refractivity contribution in [2.75, 3.05) is 6.61 Å². The molecule has 0 aliphatic rings. The Kier molecular flexibility index (Phi) is 5.50. The van der Waals surface area contributed by atoms with Crippen LogP contribution in [0, 0.1) is 0 Å². The highest BCUT2D eigenvalue weighted by Gasteiger charge is 2.08. The topological polar surface area (TPSA) is 25.2 Å². The van der Waals surface area contributed by atoms with Crippen molar-refractivity contribution < 1.29 is 5.11 Å². The SMILES string of the molecule is C/C(=C\CCc1cn(Cc2ccccc2)c2ccccc12)CCO. The number of allylic oxidation sites excluding steroid dienone is 1. The second-order valence-electron chi connectivity index (χ2n) is 6.35. The molecule has 0 aliphatic carbocycles. The minimum atomic E-state index is 0.235. The van der Waals surface area contributed by atoms with E-state index in [1.54, 1.807) is 0 Å². The third-order valence-corrected chi connectivity index (χ3v) is 4.48. The molecule has 124 valence electrons. The largest absolute Gasteiger partial charge is 0.396 e. The third kappa shape index (κ3) is 3.95. The molecule has 0 fully saturated rings. The molecule has 3 aromatic rings. The van der Waals surface area contributed by atoms with E-state index in [2.05, 4.69) is 78.4 Å². The fourth-order valence-electron chi connectivity index (χ4n) is 3.19. The molecule has 2 nitrogen and oxygen atoms in total. The second-order valence-corrected chi connectivity index (χ2v) is 6.35. The summed E-state index contributed by atoms with van der Waals surface area (Å²) >= 11 is 0. The number of nitrogens with zero attached hydrogens (tertiary/aromatic N) is 1. The molecule has 1 heterocycles. The van der Waals surface area contributed by atoms with Crippen molar-refractivity contribution in [3.8, 4) is 0 Å². The summed E-state index contributed by atoms with van der Waals surface area (Å²) in [6, 6.07) is 19.2. The van der Waals surface area contributed by atoms with Crippen LogP contribution in [0.2, 0.25) is 0 Å². The minimum absolute atomic E-state index is 0.235. The first-order valence-electron chi connectivity index (χ1n) is 8.65. The zero-order chi connectivity index (χ0) is 16.8. The van der Waals surface area contributed by atoms with Crippen LogP contribution in [-0.4, -0.2) is 16.3 Å². The van der Waals surface area contributed by atoms with Crippen LogP contribution < -0.4 is 0 Å². The normalized spacial score (nSPS) is 12.0. The van der Waals surface area contributed by atoms with Crippen LogP contribution in [-0.2, 0) is 13.0 Å². The van der Waals surface area contributed by atoms with Gasteiger partial charge in [0.25, 0.3) is 0 Å². The van der Waals surface area contributed by atoms with Crippen LogP contribution >= 0.6 is 0 Å². The zero-order valence-electron chi connectivity index (χ0n) is 14.3. The molecule has 0 saturated carbocycles. The molecule has 24 heavy (non-hydrogen) atoms. The maximum atomic E-state index is 8.99. The van der Waals surface area contributed by atoms with Gasteiger partial charge in [0.1, 0.15) is 0 Å². The summed E-state index contributed by atoms with van der Waals surface area (Å²) < 4.78 is 2.35. The first kappa shape index (κ1) is 16.5. The molecular formula is C22H25NO. The Morgan fingerprint density at radius 2 is 1.79 bits per heavy atom. The molecule has 0 bridgehead atoms. The first-order valence-corrected chi connectivity index (χ1v) is 8.65. The maximum Gasteiger partial charge on any atom is 0.0486 e. The van der Waals surface area contributed by atoms with E-state index >= 15 is 0 Å². The molecule has 0 aliphatic heterocycles. The average molecular weight is 319 g/mol. The van der Waals surface area contributed by atoms with E-state index in [-0.39, 0.29) is 6.61 Å². The number of rotatable bonds is 7. The Morgan fingerprint density at radius 1 is 1.04 bits per heavy atom. The van der Waals surface area contributed by atoms with Gasteiger partial charge in [-0.2, -0.15) is 0 Å². The highest BCUT2D eigenvalue weighted by atomic mass is 16.2. The molecule has 1 aromatic heterocycles. The predicted octanol–water partition coefficient (Wildman–Crippen LogP) is 4.95. The standard InChI is InChI=1S/C22H25NO/c1-18(14-15-24)8-7-11-20-17-23(16-19-9-3-2-4-10-19)22-13-6-5-12-21(20)22/h2-6,8-10,12-13,17,24H,7,11,14-16H2,1H3/b18-8+. The third-order valence-electron chi connectivity index (χ3n) is 4.48. The number of aryl methyl sites for hydroxylation is 1. The molecule has 0 amide bonds. The Labute approximate surface area is 144 Å². The molecule has 2 aromatic carbocycles. The van der Waals surface area contributed by atoms with E-state index in [9.17, 15) is 0 Å². The molecule has 3 rings (SSSR count). The molecule has 0 spiro atoms. The number of aromatic nitrogens is 1. The van der Waals surface area contributed by atoms with Gasteiger partial charge < -0.3 is 9.67 Å². The summed E-state index contributed by atoms with van der Waals surface area (Å²) in [6.45, 7) is 3.23. The summed E-state index contributed by atoms with van der Waals surface area (Å²) in [5.74, 6) is 0. The molecule has 0 saturated heterocycles. The molecule has 2 heteroatoms. The Balaban J connectivity index is 1.82. The van der Waals surface area contributed by atoms with Crippen molar-refractivity contribution >= 4 is 10.9 Å². The van der Waals surface area contributed by atoms with E-state index in [0.717, 1.165) is 25.8 Å².